The highest BCUT2D eigenvalue weighted by molar-refractivity contribution is 7.71. The Morgan fingerprint density at radius 1 is 0.950 bits per heavy atom. The highest BCUT2D eigenvalue weighted by Crippen LogP contribution is 2.31. The third-order valence-corrected chi connectivity index (χ3v) is 3.10. The van der Waals surface area contributed by atoms with Crippen LogP contribution in [0.4, 0.5) is 5.69 Å². The molecule has 0 bridgehead atoms. The van der Waals surface area contributed by atoms with E-state index in [4.69, 9.17) is 16.6 Å². The minimum Gasteiger partial charge on any atom is -0.491 e. The molecule has 0 fully saturated rings. The predicted molar refractivity (Wildman–Crippen MR) is 80.1 cm³/mol. The number of hydrogen-bond acceptors (Lipinski definition) is 4. The Hall–Kier alpha value is -2.53. The van der Waals surface area contributed by atoms with Crippen LogP contribution in [0.2, 0.25) is 0 Å². The van der Waals surface area contributed by atoms with Crippen molar-refractivity contribution in [2.24, 2.45) is 0 Å². The van der Waals surface area contributed by atoms with Crippen molar-refractivity contribution in [2.75, 3.05) is 5.43 Å². The van der Waals surface area contributed by atoms with E-state index in [1.807, 2.05) is 60.7 Å². The van der Waals surface area contributed by atoms with Crippen LogP contribution in [0.5, 0.6) is 5.88 Å². The van der Waals surface area contributed by atoms with Gasteiger partial charge in [0, 0.05) is 5.56 Å². The Kier molecular flexibility index (Phi) is 3.26. The lowest BCUT2D eigenvalue weighted by molar-refractivity contribution is 0.436. The van der Waals surface area contributed by atoms with Gasteiger partial charge in [0.05, 0.1) is 5.69 Å². The summed E-state index contributed by atoms with van der Waals surface area (Å²) < 4.78 is 6.81. The van der Waals surface area contributed by atoms with E-state index < -0.39 is 0 Å². The molecule has 0 saturated carbocycles. The lowest BCUT2D eigenvalue weighted by Gasteiger charge is -2.06. The van der Waals surface area contributed by atoms with Crippen LogP contribution in [0.3, 0.4) is 0 Å². The maximum absolute atomic E-state index is 10.3. The van der Waals surface area contributed by atoms with E-state index in [-0.39, 0.29) is 10.7 Å². The lowest BCUT2D eigenvalue weighted by atomic mass is 10.2. The normalized spacial score (nSPS) is 10.4. The Bertz CT molecular complexity index is 764. The van der Waals surface area contributed by atoms with Gasteiger partial charge in [-0.25, -0.2) is 0 Å². The van der Waals surface area contributed by atoms with Crippen molar-refractivity contribution < 1.29 is 9.52 Å². The van der Waals surface area contributed by atoms with Gasteiger partial charge in [-0.15, -0.1) is 0 Å². The summed E-state index contributed by atoms with van der Waals surface area (Å²) in [4.78, 5) is 0.158. The highest BCUT2D eigenvalue weighted by atomic mass is 32.1. The molecule has 0 unspecified atom stereocenters. The van der Waals surface area contributed by atoms with E-state index in [9.17, 15) is 5.11 Å². The lowest BCUT2D eigenvalue weighted by Crippen LogP contribution is -2.07. The number of rotatable bonds is 3. The first kappa shape index (κ1) is 12.5. The van der Waals surface area contributed by atoms with Gasteiger partial charge in [0.2, 0.25) is 0 Å². The van der Waals surface area contributed by atoms with Crippen LogP contribution in [-0.4, -0.2) is 9.78 Å². The first-order valence-corrected chi connectivity index (χ1v) is 6.49. The van der Waals surface area contributed by atoms with Crippen LogP contribution < -0.4 is 5.43 Å². The van der Waals surface area contributed by atoms with E-state index in [0.717, 1.165) is 11.3 Å². The SMILES string of the molecule is Oc1c(-c2ccccc2)oc(=S)n1Nc1ccccc1. The van der Waals surface area contributed by atoms with Crippen LogP contribution in [0.1, 0.15) is 0 Å². The summed E-state index contributed by atoms with van der Waals surface area (Å²) in [7, 11) is 0. The Labute approximate surface area is 120 Å². The molecule has 3 aromatic rings. The van der Waals surface area contributed by atoms with E-state index in [2.05, 4.69) is 5.43 Å². The third-order valence-electron chi connectivity index (χ3n) is 2.84. The molecule has 0 amide bonds. The number of anilines is 1. The molecular formula is C15H12N2O2S. The highest BCUT2D eigenvalue weighted by Gasteiger charge is 2.15. The topological polar surface area (TPSA) is 50.3 Å². The van der Waals surface area contributed by atoms with E-state index in [1.165, 1.54) is 4.68 Å². The zero-order valence-electron chi connectivity index (χ0n) is 10.5. The predicted octanol–water partition coefficient (Wildman–Crippen LogP) is 4.06. The Balaban J connectivity index is 2.02. The second-order valence-corrected chi connectivity index (χ2v) is 4.55. The fourth-order valence-corrected chi connectivity index (χ4v) is 2.10. The summed E-state index contributed by atoms with van der Waals surface area (Å²) >= 11 is 5.13. The first-order chi connectivity index (χ1) is 9.75. The number of hydrogen-bond donors (Lipinski definition) is 2. The van der Waals surface area contributed by atoms with Crippen LogP contribution in [0.15, 0.2) is 65.1 Å². The molecule has 0 aliphatic heterocycles. The van der Waals surface area contributed by atoms with Gasteiger partial charge in [-0.05, 0) is 24.4 Å². The second kappa shape index (κ2) is 5.22. The molecule has 1 heterocycles. The molecule has 100 valence electrons. The summed E-state index contributed by atoms with van der Waals surface area (Å²) in [6, 6.07) is 18.8. The number of nitrogens with one attached hydrogen (secondary N) is 1. The van der Waals surface area contributed by atoms with Gasteiger partial charge in [-0.2, -0.15) is 4.68 Å². The van der Waals surface area contributed by atoms with Crippen molar-refractivity contribution >= 4 is 17.9 Å². The zero-order chi connectivity index (χ0) is 13.9. The molecule has 0 aliphatic rings. The molecule has 4 nitrogen and oxygen atoms in total. The Morgan fingerprint density at radius 3 is 2.20 bits per heavy atom. The second-order valence-electron chi connectivity index (χ2n) is 4.20. The van der Waals surface area contributed by atoms with Crippen LogP contribution in [0.25, 0.3) is 11.3 Å². The van der Waals surface area contributed by atoms with Crippen molar-refractivity contribution in [1.82, 2.24) is 4.68 Å². The maximum atomic E-state index is 10.3. The largest absolute Gasteiger partial charge is 0.491 e. The zero-order valence-corrected chi connectivity index (χ0v) is 11.3. The van der Waals surface area contributed by atoms with Crippen molar-refractivity contribution in [3.63, 3.8) is 0 Å². The molecule has 3 rings (SSSR count). The molecule has 2 aromatic carbocycles. The summed E-state index contributed by atoms with van der Waals surface area (Å²) in [5.41, 5.74) is 4.57. The average Bonchev–Trinajstić information content (AvgIpc) is 2.77. The number of nitrogens with zero attached hydrogens (tertiary/aromatic N) is 1. The van der Waals surface area contributed by atoms with E-state index in [1.54, 1.807) is 0 Å². The number of aromatic hydroxyl groups is 1. The number of para-hydroxylation sites is 1. The quantitative estimate of drug-likeness (QED) is 0.712. The molecule has 5 heteroatoms. The van der Waals surface area contributed by atoms with Gasteiger partial charge in [0.15, 0.2) is 5.76 Å². The molecular weight excluding hydrogens is 272 g/mol. The molecule has 0 radical (unpaired) electrons. The molecule has 0 aliphatic carbocycles. The van der Waals surface area contributed by atoms with E-state index >= 15 is 0 Å². The van der Waals surface area contributed by atoms with Gasteiger partial charge in [0.1, 0.15) is 0 Å². The van der Waals surface area contributed by atoms with Crippen molar-refractivity contribution in [1.29, 1.82) is 0 Å². The van der Waals surface area contributed by atoms with Crippen LogP contribution in [0, 0.1) is 4.84 Å². The monoisotopic (exact) mass is 284 g/mol. The molecule has 0 spiro atoms. The number of benzene rings is 2. The minimum atomic E-state index is -0.0509. The summed E-state index contributed by atoms with van der Waals surface area (Å²) in [6.07, 6.45) is 0. The number of oxazole rings is 1. The first-order valence-electron chi connectivity index (χ1n) is 6.08. The summed E-state index contributed by atoms with van der Waals surface area (Å²) in [5, 5.41) is 10.3. The van der Waals surface area contributed by atoms with E-state index in [0.29, 0.717) is 5.76 Å². The smallest absolute Gasteiger partial charge is 0.291 e. The molecule has 2 N–H and O–H groups in total. The van der Waals surface area contributed by atoms with Crippen LogP contribution >= 0.6 is 12.2 Å². The fourth-order valence-electron chi connectivity index (χ4n) is 1.88. The van der Waals surface area contributed by atoms with Gasteiger partial charge >= 0.3 is 0 Å². The average molecular weight is 284 g/mol. The molecule has 1 aromatic heterocycles. The van der Waals surface area contributed by atoms with Crippen LogP contribution in [-0.2, 0) is 0 Å². The molecule has 0 atom stereocenters. The van der Waals surface area contributed by atoms with Crippen molar-refractivity contribution in [3.05, 3.63) is 65.5 Å². The number of aromatic nitrogens is 1. The standard InChI is InChI=1S/C15H12N2O2S/c18-14-13(11-7-3-1-4-8-11)19-15(20)17(14)16-12-9-5-2-6-10-12/h1-10,16,18H. The molecule has 20 heavy (non-hydrogen) atoms. The summed E-state index contributed by atoms with van der Waals surface area (Å²) in [5.74, 6) is 0.295. The van der Waals surface area contributed by atoms with Gasteiger partial charge in [-0.1, -0.05) is 48.5 Å². The van der Waals surface area contributed by atoms with Gasteiger partial charge in [0.25, 0.3) is 10.7 Å². The van der Waals surface area contributed by atoms with Crippen molar-refractivity contribution in [3.8, 4) is 17.2 Å². The fraction of sp³-hybridized carbons (Fsp3) is 0. The minimum absolute atomic E-state index is 0.0509. The summed E-state index contributed by atoms with van der Waals surface area (Å²) in [6.45, 7) is 0. The molecule has 0 saturated heterocycles. The third kappa shape index (κ3) is 2.31. The van der Waals surface area contributed by atoms with Gasteiger partial charge in [-0.3, -0.25) is 5.43 Å². The van der Waals surface area contributed by atoms with Gasteiger partial charge < -0.3 is 9.52 Å². The Morgan fingerprint density at radius 2 is 1.55 bits per heavy atom. The van der Waals surface area contributed by atoms with Crippen molar-refractivity contribution in [2.45, 2.75) is 0 Å². The maximum Gasteiger partial charge on any atom is 0.291 e.